The first-order valence-electron chi connectivity index (χ1n) is 10.7. The zero-order valence-corrected chi connectivity index (χ0v) is 18.4. The summed E-state index contributed by atoms with van der Waals surface area (Å²) in [6.07, 6.45) is 0.871. The zero-order valence-electron chi connectivity index (χ0n) is 18.4. The van der Waals surface area contributed by atoms with E-state index in [0.717, 1.165) is 28.8 Å². The maximum Gasteiger partial charge on any atom is 0.311 e. The molecule has 6 nitrogen and oxygen atoms in total. The highest BCUT2D eigenvalue weighted by Crippen LogP contribution is 2.27. The van der Waals surface area contributed by atoms with Gasteiger partial charge in [-0.3, -0.25) is 14.4 Å². The predicted molar refractivity (Wildman–Crippen MR) is 120 cm³/mol. The predicted octanol–water partition coefficient (Wildman–Crippen LogP) is 3.69. The van der Waals surface area contributed by atoms with E-state index in [9.17, 15) is 14.4 Å². The van der Waals surface area contributed by atoms with Gasteiger partial charge in [0, 0.05) is 25.2 Å². The molecule has 0 bridgehead atoms. The molecule has 164 valence electrons. The molecule has 31 heavy (non-hydrogen) atoms. The second kappa shape index (κ2) is 10.2. The van der Waals surface area contributed by atoms with Crippen molar-refractivity contribution in [3.63, 3.8) is 0 Å². The normalized spacial score (nSPS) is 15.9. The van der Waals surface area contributed by atoms with Crippen LogP contribution in [0.4, 0.5) is 5.69 Å². The number of likely N-dealkylation sites (tertiary alicyclic amines) is 1. The molecule has 0 saturated carbocycles. The minimum atomic E-state index is -0.527. The molecule has 6 heteroatoms. The van der Waals surface area contributed by atoms with Gasteiger partial charge in [-0.05, 0) is 36.0 Å². The van der Waals surface area contributed by atoms with E-state index in [1.165, 1.54) is 0 Å². The van der Waals surface area contributed by atoms with Crippen molar-refractivity contribution in [1.29, 1.82) is 0 Å². The number of nitrogens with zero attached hydrogens (tertiary/aromatic N) is 1. The van der Waals surface area contributed by atoms with Crippen LogP contribution in [0.3, 0.4) is 0 Å². The molecular weight excluding hydrogens is 392 g/mol. The summed E-state index contributed by atoms with van der Waals surface area (Å²) >= 11 is 0. The van der Waals surface area contributed by atoms with Crippen LogP contribution in [0.5, 0.6) is 0 Å². The van der Waals surface area contributed by atoms with Crippen molar-refractivity contribution in [2.75, 3.05) is 25.0 Å². The molecule has 1 aliphatic rings. The number of aryl methyl sites for hydroxylation is 1. The Morgan fingerprint density at radius 1 is 1.13 bits per heavy atom. The first-order valence-corrected chi connectivity index (χ1v) is 10.7. The summed E-state index contributed by atoms with van der Waals surface area (Å²) in [6, 6.07) is 15.8. The molecule has 2 aromatic carbocycles. The summed E-state index contributed by atoms with van der Waals surface area (Å²) in [5, 5.41) is 2.87. The molecule has 0 aromatic heterocycles. The summed E-state index contributed by atoms with van der Waals surface area (Å²) in [5.41, 5.74) is 3.91. The van der Waals surface area contributed by atoms with Gasteiger partial charge in [0.05, 0.1) is 5.92 Å². The third kappa shape index (κ3) is 5.94. The van der Waals surface area contributed by atoms with Gasteiger partial charge in [0.2, 0.25) is 5.91 Å². The van der Waals surface area contributed by atoms with E-state index >= 15 is 0 Å². The number of hydrogen-bond donors (Lipinski definition) is 1. The van der Waals surface area contributed by atoms with Crippen LogP contribution in [0.25, 0.3) is 0 Å². The third-order valence-electron chi connectivity index (χ3n) is 5.60. The summed E-state index contributed by atoms with van der Waals surface area (Å²) in [5.74, 6) is -1.21. The highest BCUT2D eigenvalue weighted by molar-refractivity contribution is 5.95. The van der Waals surface area contributed by atoms with Crippen LogP contribution in [0.15, 0.2) is 48.5 Å². The van der Waals surface area contributed by atoms with Crippen LogP contribution in [-0.4, -0.2) is 42.4 Å². The van der Waals surface area contributed by atoms with Crippen molar-refractivity contribution in [1.82, 2.24) is 4.90 Å². The molecule has 0 radical (unpaired) electrons. The van der Waals surface area contributed by atoms with Crippen LogP contribution >= 0.6 is 0 Å². The van der Waals surface area contributed by atoms with Crippen molar-refractivity contribution < 1.29 is 19.1 Å². The summed E-state index contributed by atoms with van der Waals surface area (Å²) in [7, 11) is 0. The van der Waals surface area contributed by atoms with Gasteiger partial charge in [0.15, 0.2) is 6.61 Å². The standard InChI is InChI=1S/C25H30N2O4/c1-17(2)21-11-7-8-18(3)24(21)26-22(28)16-31-25(30)20-14-23(29)27(15-20)13-12-19-9-5-4-6-10-19/h4-11,17,20H,12-16H2,1-3H3,(H,26,28)/t20-/m0/s1. The lowest BCUT2D eigenvalue weighted by molar-refractivity contribution is -0.151. The van der Waals surface area contributed by atoms with Crippen LogP contribution < -0.4 is 5.32 Å². The van der Waals surface area contributed by atoms with Crippen LogP contribution in [0.2, 0.25) is 0 Å². The SMILES string of the molecule is Cc1cccc(C(C)C)c1NC(=O)COC(=O)[C@H]1CC(=O)N(CCc2ccccc2)C1. The van der Waals surface area contributed by atoms with E-state index in [2.05, 4.69) is 19.2 Å². The monoisotopic (exact) mass is 422 g/mol. The van der Waals surface area contributed by atoms with Crippen molar-refractivity contribution in [2.24, 2.45) is 5.92 Å². The van der Waals surface area contributed by atoms with Crippen LogP contribution in [0, 0.1) is 12.8 Å². The van der Waals surface area contributed by atoms with Gasteiger partial charge in [-0.1, -0.05) is 62.4 Å². The van der Waals surface area contributed by atoms with Crippen LogP contribution in [0.1, 0.15) is 42.9 Å². The largest absolute Gasteiger partial charge is 0.455 e. The topological polar surface area (TPSA) is 75.7 Å². The Hall–Kier alpha value is -3.15. The fraction of sp³-hybridized carbons (Fsp3) is 0.400. The Morgan fingerprint density at radius 3 is 2.58 bits per heavy atom. The number of carbonyl (C=O) groups excluding carboxylic acids is 3. The number of benzene rings is 2. The van der Waals surface area contributed by atoms with Gasteiger partial charge >= 0.3 is 5.97 Å². The number of para-hydroxylation sites is 1. The first-order chi connectivity index (χ1) is 14.8. The Balaban J connectivity index is 1.49. The number of rotatable bonds is 8. The van der Waals surface area contributed by atoms with Crippen molar-refractivity contribution in [3.8, 4) is 0 Å². The van der Waals surface area contributed by atoms with E-state index in [1.54, 1.807) is 4.90 Å². The number of anilines is 1. The smallest absolute Gasteiger partial charge is 0.311 e. The molecule has 1 fully saturated rings. The number of amides is 2. The molecule has 0 aliphatic carbocycles. The van der Waals surface area contributed by atoms with E-state index in [0.29, 0.717) is 13.1 Å². The molecule has 3 rings (SSSR count). The molecule has 1 saturated heterocycles. The van der Waals surface area contributed by atoms with E-state index in [1.807, 2.05) is 55.5 Å². The van der Waals surface area contributed by atoms with Gasteiger partial charge in [-0.15, -0.1) is 0 Å². The number of nitrogens with one attached hydrogen (secondary N) is 1. The minimum Gasteiger partial charge on any atom is -0.455 e. The second-order valence-electron chi connectivity index (χ2n) is 8.33. The summed E-state index contributed by atoms with van der Waals surface area (Å²) < 4.78 is 5.23. The molecular formula is C25H30N2O4. The molecule has 2 amide bonds. The van der Waals surface area contributed by atoms with Gasteiger partial charge in [-0.2, -0.15) is 0 Å². The molecule has 2 aromatic rings. The van der Waals surface area contributed by atoms with Gasteiger partial charge in [0.1, 0.15) is 0 Å². The average Bonchev–Trinajstić information content (AvgIpc) is 3.13. The Morgan fingerprint density at radius 2 is 1.87 bits per heavy atom. The minimum absolute atomic E-state index is 0.0520. The lowest BCUT2D eigenvalue weighted by atomic mass is 9.98. The first kappa shape index (κ1) is 22.5. The van der Waals surface area contributed by atoms with Gasteiger partial charge < -0.3 is 15.0 Å². The highest BCUT2D eigenvalue weighted by atomic mass is 16.5. The molecule has 1 atom stereocenters. The Labute approximate surface area is 183 Å². The number of carbonyl (C=O) groups is 3. The number of ether oxygens (including phenoxy) is 1. The zero-order chi connectivity index (χ0) is 22.4. The lowest BCUT2D eigenvalue weighted by Crippen LogP contribution is -2.30. The maximum atomic E-state index is 12.4. The molecule has 0 unspecified atom stereocenters. The Kier molecular flexibility index (Phi) is 7.45. The number of esters is 1. The van der Waals surface area contributed by atoms with Gasteiger partial charge in [0.25, 0.3) is 5.91 Å². The Bertz CT molecular complexity index is 940. The second-order valence-corrected chi connectivity index (χ2v) is 8.33. The van der Waals surface area contributed by atoms with E-state index in [-0.39, 0.29) is 30.8 Å². The fourth-order valence-corrected chi connectivity index (χ4v) is 3.83. The molecule has 0 spiro atoms. The molecule has 1 aliphatic heterocycles. The molecule has 1 N–H and O–H groups in total. The van der Waals surface area contributed by atoms with E-state index < -0.39 is 11.9 Å². The van der Waals surface area contributed by atoms with Crippen molar-refractivity contribution in [2.45, 2.75) is 39.5 Å². The number of hydrogen-bond acceptors (Lipinski definition) is 4. The van der Waals surface area contributed by atoms with Gasteiger partial charge in [-0.25, -0.2) is 0 Å². The fourth-order valence-electron chi connectivity index (χ4n) is 3.83. The van der Waals surface area contributed by atoms with Crippen LogP contribution in [-0.2, 0) is 25.5 Å². The molecule has 1 heterocycles. The van der Waals surface area contributed by atoms with Crippen molar-refractivity contribution in [3.05, 3.63) is 65.2 Å². The lowest BCUT2D eigenvalue weighted by Gasteiger charge is -2.17. The van der Waals surface area contributed by atoms with Crippen molar-refractivity contribution >= 4 is 23.5 Å². The van der Waals surface area contributed by atoms with E-state index in [4.69, 9.17) is 4.74 Å². The average molecular weight is 423 g/mol. The summed E-state index contributed by atoms with van der Waals surface area (Å²) in [4.78, 5) is 38.8. The highest BCUT2D eigenvalue weighted by Gasteiger charge is 2.35. The maximum absolute atomic E-state index is 12.4. The quantitative estimate of drug-likeness (QED) is 0.659. The summed E-state index contributed by atoms with van der Waals surface area (Å²) in [6.45, 7) is 6.59. The third-order valence-corrected chi connectivity index (χ3v) is 5.60.